The number of rotatable bonds is 3. The molecule has 0 spiro atoms. The first kappa shape index (κ1) is 26.2. The molecule has 3 heteroatoms. The fraction of sp³-hybridized carbons (Fsp3) is 0.0455. The number of hydrogen-bond donors (Lipinski definition) is 0. The molecule has 0 saturated heterocycles. The normalized spacial score (nSPS) is 13.1. The molecule has 0 atom stereocenters. The summed E-state index contributed by atoms with van der Waals surface area (Å²) in [6.07, 6.45) is 6.22. The van der Waals surface area contributed by atoms with Crippen LogP contribution in [-0.2, 0) is 6.42 Å². The van der Waals surface area contributed by atoms with E-state index in [-0.39, 0.29) is 0 Å². The highest BCUT2D eigenvalue weighted by Gasteiger charge is 2.24. The van der Waals surface area contributed by atoms with Crippen LogP contribution in [0.5, 0.6) is 0 Å². The number of hydrogen-bond acceptors (Lipinski definition) is 3. The third-order valence-electron chi connectivity index (χ3n) is 9.78. The minimum Gasteiger partial charge on any atom is -0.455 e. The maximum Gasteiger partial charge on any atom is 0.142 e. The number of allylic oxidation sites excluding steroid dienone is 1. The smallest absolute Gasteiger partial charge is 0.142 e. The molecule has 0 bridgehead atoms. The third-order valence-corrected chi connectivity index (χ3v) is 9.78. The van der Waals surface area contributed by atoms with Gasteiger partial charge in [-0.05, 0) is 51.6 Å². The van der Waals surface area contributed by atoms with Gasteiger partial charge in [-0.3, -0.25) is 4.98 Å². The number of furan rings is 1. The van der Waals surface area contributed by atoms with Crippen molar-refractivity contribution < 1.29 is 4.42 Å². The lowest BCUT2D eigenvalue weighted by molar-refractivity contribution is 0.592. The monoisotopic (exact) mass is 600 g/mol. The quantitative estimate of drug-likeness (QED) is 0.189. The standard InChI is InChI=1S/C44H28N2O/c1-2-15-30-27(11-1)12-8-21-32(30)37-22-10-24-39-38-23-9-20-31(43(38)47-44(37)39)28-13-7-14-29(25-28)40-26-45-41-35-18-5-3-16-33(35)34-17-4-6-19-36(34)42(41)46-40/h1-9,11-23,25-26H,10,24H2. The molecule has 1 aliphatic rings. The van der Waals surface area contributed by atoms with Crippen molar-refractivity contribution in [3.05, 3.63) is 163 Å². The SMILES string of the molecule is C1=C(c2cccc3ccccc23)c2oc3c(-c4cccc(-c5cnc6c7ccccc7c7ccccc7c6n5)c4)cccc3c2CC1. The van der Waals surface area contributed by atoms with E-state index in [2.05, 4.69) is 140 Å². The summed E-state index contributed by atoms with van der Waals surface area (Å²) in [7, 11) is 0. The second-order valence-corrected chi connectivity index (χ2v) is 12.4. The van der Waals surface area contributed by atoms with Gasteiger partial charge in [0.25, 0.3) is 0 Å². The molecule has 7 aromatic carbocycles. The van der Waals surface area contributed by atoms with Crippen LogP contribution in [0.15, 0.2) is 150 Å². The van der Waals surface area contributed by atoms with Crippen molar-refractivity contribution in [3.63, 3.8) is 0 Å². The lowest BCUT2D eigenvalue weighted by Crippen LogP contribution is -1.98. The van der Waals surface area contributed by atoms with Crippen molar-refractivity contribution in [2.75, 3.05) is 0 Å². The van der Waals surface area contributed by atoms with E-state index in [1.54, 1.807) is 0 Å². The van der Waals surface area contributed by atoms with Crippen LogP contribution in [0.1, 0.15) is 23.3 Å². The molecule has 220 valence electrons. The predicted octanol–water partition coefficient (Wildman–Crippen LogP) is 11.5. The molecule has 0 N–H and O–H groups in total. The highest BCUT2D eigenvalue weighted by atomic mass is 16.3. The summed E-state index contributed by atoms with van der Waals surface area (Å²) in [5.74, 6) is 0.991. The van der Waals surface area contributed by atoms with Crippen LogP contribution in [0, 0.1) is 0 Å². The summed E-state index contributed by atoms with van der Waals surface area (Å²) in [6, 6.07) is 47.3. The van der Waals surface area contributed by atoms with E-state index in [0.717, 1.165) is 68.4 Å². The molecule has 3 nitrogen and oxygen atoms in total. The molecule has 2 heterocycles. The van der Waals surface area contributed by atoms with Crippen LogP contribution in [-0.4, -0.2) is 9.97 Å². The Hall–Kier alpha value is -6.06. The van der Waals surface area contributed by atoms with Gasteiger partial charge in [-0.25, -0.2) is 4.98 Å². The Bertz CT molecular complexity index is 2710. The summed E-state index contributed by atoms with van der Waals surface area (Å²) < 4.78 is 6.89. The Morgan fingerprint density at radius 2 is 1.17 bits per heavy atom. The number of aryl methyl sites for hydroxylation is 1. The number of nitrogens with zero attached hydrogens (tertiary/aromatic N) is 2. The first-order chi connectivity index (χ1) is 23.3. The summed E-state index contributed by atoms with van der Waals surface area (Å²) >= 11 is 0. The molecule has 0 aliphatic heterocycles. The van der Waals surface area contributed by atoms with Gasteiger partial charge in [0, 0.05) is 38.4 Å². The van der Waals surface area contributed by atoms with Gasteiger partial charge in [-0.15, -0.1) is 0 Å². The van der Waals surface area contributed by atoms with Crippen molar-refractivity contribution in [3.8, 4) is 22.4 Å². The molecule has 10 rings (SSSR count). The van der Waals surface area contributed by atoms with E-state index in [1.165, 1.54) is 43.6 Å². The van der Waals surface area contributed by atoms with E-state index < -0.39 is 0 Å². The number of aromatic nitrogens is 2. The van der Waals surface area contributed by atoms with Gasteiger partial charge in [0.05, 0.1) is 22.9 Å². The first-order valence-electron chi connectivity index (χ1n) is 16.2. The highest BCUT2D eigenvalue weighted by molar-refractivity contribution is 6.23. The largest absolute Gasteiger partial charge is 0.455 e. The van der Waals surface area contributed by atoms with Crippen molar-refractivity contribution in [2.24, 2.45) is 0 Å². The highest BCUT2D eigenvalue weighted by Crippen LogP contribution is 2.43. The molecule has 1 aliphatic carbocycles. The Labute approximate surface area is 271 Å². The van der Waals surface area contributed by atoms with Gasteiger partial charge in [-0.2, -0.15) is 0 Å². The Morgan fingerprint density at radius 3 is 2.02 bits per heavy atom. The average Bonchev–Trinajstić information content (AvgIpc) is 3.54. The van der Waals surface area contributed by atoms with Crippen molar-refractivity contribution in [2.45, 2.75) is 12.8 Å². The zero-order valence-electron chi connectivity index (χ0n) is 25.6. The number of para-hydroxylation sites is 1. The summed E-state index contributed by atoms with van der Waals surface area (Å²) in [5.41, 5.74) is 10.6. The molecular weight excluding hydrogens is 572 g/mol. The van der Waals surface area contributed by atoms with Crippen LogP contribution < -0.4 is 0 Å². The van der Waals surface area contributed by atoms with Gasteiger partial charge >= 0.3 is 0 Å². The van der Waals surface area contributed by atoms with Crippen LogP contribution in [0.2, 0.25) is 0 Å². The number of fused-ring (bicyclic) bond motifs is 10. The van der Waals surface area contributed by atoms with Gasteiger partial charge in [0.15, 0.2) is 0 Å². The number of benzene rings is 7. The molecule has 2 aromatic heterocycles. The maximum absolute atomic E-state index is 6.89. The second kappa shape index (κ2) is 10.2. The Balaban J connectivity index is 1.12. The molecular formula is C44H28N2O. The topological polar surface area (TPSA) is 38.9 Å². The van der Waals surface area contributed by atoms with Gasteiger partial charge in [0.2, 0.25) is 0 Å². The van der Waals surface area contributed by atoms with Crippen LogP contribution >= 0.6 is 0 Å². The predicted molar refractivity (Wildman–Crippen MR) is 195 cm³/mol. The van der Waals surface area contributed by atoms with E-state index in [4.69, 9.17) is 14.4 Å². The van der Waals surface area contributed by atoms with Crippen molar-refractivity contribution in [1.82, 2.24) is 9.97 Å². The van der Waals surface area contributed by atoms with Crippen LogP contribution in [0.3, 0.4) is 0 Å². The Kier molecular flexibility index (Phi) is 5.70. The van der Waals surface area contributed by atoms with E-state index >= 15 is 0 Å². The summed E-state index contributed by atoms with van der Waals surface area (Å²) in [5, 5.41) is 8.32. The molecule has 0 amide bonds. The van der Waals surface area contributed by atoms with E-state index in [9.17, 15) is 0 Å². The molecule has 47 heavy (non-hydrogen) atoms. The van der Waals surface area contributed by atoms with Crippen LogP contribution in [0.25, 0.3) is 82.3 Å². The van der Waals surface area contributed by atoms with E-state index in [0.29, 0.717) is 0 Å². The fourth-order valence-corrected chi connectivity index (χ4v) is 7.62. The van der Waals surface area contributed by atoms with E-state index in [1.807, 2.05) is 6.20 Å². The molecule has 0 radical (unpaired) electrons. The third kappa shape index (κ3) is 4.00. The zero-order valence-corrected chi connectivity index (χ0v) is 25.6. The zero-order chi connectivity index (χ0) is 30.9. The van der Waals surface area contributed by atoms with Crippen LogP contribution in [0.4, 0.5) is 0 Å². The fourth-order valence-electron chi connectivity index (χ4n) is 7.62. The minimum atomic E-state index is 0.854. The van der Waals surface area contributed by atoms with Crippen molar-refractivity contribution in [1.29, 1.82) is 0 Å². The van der Waals surface area contributed by atoms with Gasteiger partial charge < -0.3 is 4.42 Å². The van der Waals surface area contributed by atoms with Gasteiger partial charge in [0.1, 0.15) is 11.3 Å². The van der Waals surface area contributed by atoms with Crippen molar-refractivity contribution >= 4 is 59.9 Å². The minimum absolute atomic E-state index is 0.854. The maximum atomic E-state index is 6.89. The van der Waals surface area contributed by atoms with Gasteiger partial charge in [-0.1, -0.05) is 133 Å². The second-order valence-electron chi connectivity index (χ2n) is 12.4. The average molecular weight is 601 g/mol. The summed E-state index contributed by atoms with van der Waals surface area (Å²) in [4.78, 5) is 10.3. The molecule has 0 saturated carbocycles. The molecule has 9 aromatic rings. The lowest BCUT2D eigenvalue weighted by Gasteiger charge is -2.15. The lowest BCUT2D eigenvalue weighted by atomic mass is 9.88. The molecule has 0 unspecified atom stereocenters. The summed E-state index contributed by atoms with van der Waals surface area (Å²) in [6.45, 7) is 0. The Morgan fingerprint density at radius 1 is 0.532 bits per heavy atom. The first-order valence-corrected chi connectivity index (χ1v) is 16.2. The molecule has 0 fully saturated rings.